The molecule has 0 aromatic rings. The smallest absolute Gasteiger partial charge is 0.0236 e. The van der Waals surface area contributed by atoms with Crippen LogP contribution >= 0.6 is 0 Å². The third-order valence-electron chi connectivity index (χ3n) is 2.79. The zero-order valence-electron chi connectivity index (χ0n) is 8.29. The van der Waals surface area contributed by atoms with Gasteiger partial charge in [0, 0.05) is 0 Å². The Hall–Kier alpha value is -0.520. The Morgan fingerprint density at radius 2 is 1.58 bits per heavy atom. The molecule has 0 aromatic carbocycles. The first-order valence-electron chi connectivity index (χ1n) is 5.12. The van der Waals surface area contributed by atoms with Gasteiger partial charge in [-0.25, -0.2) is 0 Å². The van der Waals surface area contributed by atoms with Crippen molar-refractivity contribution in [1.29, 1.82) is 0 Å². The highest BCUT2D eigenvalue weighted by molar-refractivity contribution is 4.94. The van der Waals surface area contributed by atoms with Crippen LogP contribution in [-0.4, -0.2) is 0 Å². The summed E-state index contributed by atoms with van der Waals surface area (Å²) in [4.78, 5) is 0. The fraction of sp³-hybridized carbons (Fsp3) is 0.667. The third-order valence-corrected chi connectivity index (χ3v) is 2.79. The van der Waals surface area contributed by atoms with Crippen molar-refractivity contribution in [2.24, 2.45) is 11.8 Å². The molecule has 0 fully saturated rings. The summed E-state index contributed by atoms with van der Waals surface area (Å²) in [6.07, 6.45) is 14.4. The van der Waals surface area contributed by atoms with E-state index in [0.717, 1.165) is 11.8 Å². The van der Waals surface area contributed by atoms with Gasteiger partial charge >= 0.3 is 0 Å². The molecule has 0 heterocycles. The minimum absolute atomic E-state index is 0.761. The minimum Gasteiger partial charge on any atom is -0.0885 e. The van der Waals surface area contributed by atoms with E-state index in [-0.39, 0.29) is 0 Å². The van der Waals surface area contributed by atoms with E-state index in [1.807, 2.05) is 0 Å². The van der Waals surface area contributed by atoms with Crippen molar-refractivity contribution in [3.05, 3.63) is 24.3 Å². The monoisotopic (exact) mass is 164 g/mol. The lowest BCUT2D eigenvalue weighted by atomic mass is 9.90. The maximum absolute atomic E-state index is 2.38. The van der Waals surface area contributed by atoms with Crippen molar-refractivity contribution < 1.29 is 0 Å². The number of rotatable bonds is 0. The Morgan fingerprint density at radius 3 is 2.42 bits per heavy atom. The average Bonchev–Trinajstić information content (AvgIpc) is 2.08. The SMILES string of the molecule is CC1C=CCCC=CCCC1C. The van der Waals surface area contributed by atoms with E-state index in [1.165, 1.54) is 25.7 Å². The van der Waals surface area contributed by atoms with Crippen molar-refractivity contribution in [3.8, 4) is 0 Å². The third kappa shape index (κ3) is 3.25. The molecule has 0 saturated carbocycles. The first-order valence-corrected chi connectivity index (χ1v) is 5.12. The van der Waals surface area contributed by atoms with Gasteiger partial charge in [-0.3, -0.25) is 0 Å². The van der Waals surface area contributed by atoms with Crippen LogP contribution in [0.4, 0.5) is 0 Å². The molecular weight excluding hydrogens is 144 g/mol. The van der Waals surface area contributed by atoms with Crippen LogP contribution in [0.2, 0.25) is 0 Å². The first kappa shape index (κ1) is 9.57. The normalized spacial score (nSPS) is 31.8. The molecule has 1 aliphatic rings. The highest BCUT2D eigenvalue weighted by Crippen LogP contribution is 2.19. The molecule has 0 spiro atoms. The number of hydrogen-bond acceptors (Lipinski definition) is 0. The summed E-state index contributed by atoms with van der Waals surface area (Å²) in [5.41, 5.74) is 0. The van der Waals surface area contributed by atoms with Gasteiger partial charge in [0.1, 0.15) is 0 Å². The minimum atomic E-state index is 0.761. The van der Waals surface area contributed by atoms with Gasteiger partial charge in [0.15, 0.2) is 0 Å². The summed E-state index contributed by atoms with van der Waals surface area (Å²) in [6.45, 7) is 4.68. The van der Waals surface area contributed by atoms with E-state index in [1.54, 1.807) is 0 Å². The second kappa shape index (κ2) is 5.18. The summed E-state index contributed by atoms with van der Waals surface area (Å²) < 4.78 is 0. The Kier molecular flexibility index (Phi) is 4.13. The molecule has 2 atom stereocenters. The largest absolute Gasteiger partial charge is 0.0885 e. The molecule has 0 radical (unpaired) electrons. The summed E-state index contributed by atoms with van der Waals surface area (Å²) in [5.74, 6) is 1.60. The lowest BCUT2D eigenvalue weighted by Gasteiger charge is -2.15. The molecule has 0 heteroatoms. The zero-order chi connectivity index (χ0) is 8.81. The molecule has 0 bridgehead atoms. The molecule has 0 saturated heterocycles. The molecule has 12 heavy (non-hydrogen) atoms. The highest BCUT2D eigenvalue weighted by atomic mass is 14.1. The highest BCUT2D eigenvalue weighted by Gasteiger charge is 2.07. The van der Waals surface area contributed by atoms with Crippen LogP contribution in [0.3, 0.4) is 0 Å². The lowest BCUT2D eigenvalue weighted by Crippen LogP contribution is -2.04. The summed E-state index contributed by atoms with van der Waals surface area (Å²) in [6, 6.07) is 0. The van der Waals surface area contributed by atoms with Gasteiger partial charge in [-0.15, -0.1) is 0 Å². The van der Waals surface area contributed by atoms with E-state index >= 15 is 0 Å². The van der Waals surface area contributed by atoms with E-state index in [2.05, 4.69) is 38.2 Å². The molecule has 1 aliphatic carbocycles. The van der Waals surface area contributed by atoms with Crippen molar-refractivity contribution >= 4 is 0 Å². The van der Waals surface area contributed by atoms with Gasteiger partial charge in [0.2, 0.25) is 0 Å². The van der Waals surface area contributed by atoms with Gasteiger partial charge < -0.3 is 0 Å². The predicted octanol–water partition coefficient (Wildman–Crippen LogP) is 3.95. The topological polar surface area (TPSA) is 0 Å². The molecule has 2 unspecified atom stereocenters. The van der Waals surface area contributed by atoms with Crippen LogP contribution < -0.4 is 0 Å². The lowest BCUT2D eigenvalue weighted by molar-refractivity contribution is 0.430. The summed E-state index contributed by atoms with van der Waals surface area (Å²) in [5, 5.41) is 0. The average molecular weight is 164 g/mol. The van der Waals surface area contributed by atoms with Gasteiger partial charge in [0.05, 0.1) is 0 Å². The second-order valence-electron chi connectivity index (χ2n) is 3.89. The van der Waals surface area contributed by atoms with Crippen molar-refractivity contribution in [3.63, 3.8) is 0 Å². The van der Waals surface area contributed by atoms with Crippen LogP contribution in [-0.2, 0) is 0 Å². The Bertz CT molecular complexity index is 165. The van der Waals surface area contributed by atoms with Crippen molar-refractivity contribution in [2.45, 2.75) is 39.5 Å². The van der Waals surface area contributed by atoms with Crippen LogP contribution in [0.1, 0.15) is 39.5 Å². The standard InChI is InChI=1S/C12H20/c1-11-9-7-5-3-4-6-8-10-12(11)2/h3,5,8,10-12H,4,6-7,9H2,1-2H3. The number of hydrogen-bond donors (Lipinski definition) is 0. The fourth-order valence-electron chi connectivity index (χ4n) is 1.55. The van der Waals surface area contributed by atoms with Gasteiger partial charge in [-0.2, -0.15) is 0 Å². The molecule has 0 amide bonds. The Balaban J connectivity index is 2.47. The quantitative estimate of drug-likeness (QED) is 0.476. The van der Waals surface area contributed by atoms with Crippen LogP contribution in [0.5, 0.6) is 0 Å². The van der Waals surface area contributed by atoms with Gasteiger partial charge in [0.25, 0.3) is 0 Å². The molecule has 0 aromatic heterocycles. The Morgan fingerprint density at radius 1 is 0.917 bits per heavy atom. The number of allylic oxidation sites excluding steroid dienone is 4. The van der Waals surface area contributed by atoms with Crippen molar-refractivity contribution in [1.82, 2.24) is 0 Å². The van der Waals surface area contributed by atoms with E-state index in [9.17, 15) is 0 Å². The molecular formula is C12H20. The maximum atomic E-state index is 2.38. The predicted molar refractivity (Wildman–Crippen MR) is 55.1 cm³/mol. The van der Waals surface area contributed by atoms with Gasteiger partial charge in [-0.1, -0.05) is 38.2 Å². The Labute approximate surface area is 76.4 Å². The molecule has 0 nitrogen and oxygen atoms in total. The summed E-state index contributed by atoms with van der Waals surface area (Å²) in [7, 11) is 0. The van der Waals surface area contributed by atoms with Crippen LogP contribution in [0.25, 0.3) is 0 Å². The van der Waals surface area contributed by atoms with E-state index < -0.39 is 0 Å². The van der Waals surface area contributed by atoms with E-state index in [0.29, 0.717) is 0 Å². The first-order chi connectivity index (χ1) is 5.80. The zero-order valence-corrected chi connectivity index (χ0v) is 8.29. The molecule has 0 N–H and O–H groups in total. The van der Waals surface area contributed by atoms with E-state index in [4.69, 9.17) is 0 Å². The van der Waals surface area contributed by atoms with Crippen molar-refractivity contribution in [2.75, 3.05) is 0 Å². The molecule has 1 rings (SSSR count). The van der Waals surface area contributed by atoms with Crippen LogP contribution in [0.15, 0.2) is 24.3 Å². The molecule has 68 valence electrons. The second-order valence-corrected chi connectivity index (χ2v) is 3.89. The summed E-state index contributed by atoms with van der Waals surface area (Å²) >= 11 is 0. The maximum Gasteiger partial charge on any atom is -0.0236 e. The van der Waals surface area contributed by atoms with Gasteiger partial charge in [-0.05, 0) is 37.5 Å². The molecule has 0 aliphatic heterocycles. The fourth-order valence-corrected chi connectivity index (χ4v) is 1.55. The van der Waals surface area contributed by atoms with Crippen LogP contribution in [0, 0.1) is 11.8 Å².